The van der Waals surface area contributed by atoms with Gasteiger partial charge in [0.15, 0.2) is 6.61 Å². The van der Waals surface area contributed by atoms with E-state index in [4.69, 9.17) is 4.74 Å². The summed E-state index contributed by atoms with van der Waals surface area (Å²) in [4.78, 5) is 42.0. The van der Waals surface area contributed by atoms with Crippen LogP contribution in [0.25, 0.3) is 11.1 Å². The van der Waals surface area contributed by atoms with Crippen molar-refractivity contribution in [2.45, 2.75) is 18.9 Å². The Balaban J connectivity index is 1.40. The van der Waals surface area contributed by atoms with Crippen LogP contribution < -0.4 is 0 Å². The number of carbonyl (C=O) groups is 3. The van der Waals surface area contributed by atoms with Gasteiger partial charge in [-0.2, -0.15) is 0 Å². The van der Waals surface area contributed by atoms with Crippen molar-refractivity contribution in [1.29, 1.82) is 0 Å². The molecule has 0 unspecified atom stereocenters. The lowest BCUT2D eigenvalue weighted by Crippen LogP contribution is -2.48. The van der Waals surface area contributed by atoms with E-state index in [0.717, 1.165) is 11.1 Å². The number of ether oxygens (including phenoxy) is 1. The number of imide groups is 1. The topological polar surface area (TPSA) is 82.7 Å². The van der Waals surface area contributed by atoms with Gasteiger partial charge in [0.25, 0.3) is 11.8 Å². The normalized spacial score (nSPS) is 18.1. The first-order valence-electron chi connectivity index (χ1n) is 8.75. The Kier molecular flexibility index (Phi) is 4.39. The van der Waals surface area contributed by atoms with Crippen molar-refractivity contribution in [2.24, 2.45) is 0 Å². The van der Waals surface area contributed by atoms with Crippen LogP contribution in [0.5, 0.6) is 0 Å². The maximum absolute atomic E-state index is 13.0. The van der Waals surface area contributed by atoms with Gasteiger partial charge >= 0.3 is 6.09 Å². The van der Waals surface area contributed by atoms with Crippen molar-refractivity contribution in [3.8, 4) is 11.1 Å². The minimum atomic E-state index is -0.599. The molecule has 0 radical (unpaired) electrons. The Hall–Kier alpha value is -3.16. The molecular weight excluding hydrogens is 353 g/mol. The van der Waals surface area contributed by atoms with E-state index in [2.05, 4.69) is 4.98 Å². The number of nitrogens with one attached hydrogen (secondary N) is 1. The highest BCUT2D eigenvalue weighted by atomic mass is 19.1. The van der Waals surface area contributed by atoms with Gasteiger partial charge in [-0.25, -0.2) is 14.1 Å². The van der Waals surface area contributed by atoms with Gasteiger partial charge in [0.1, 0.15) is 11.5 Å². The molecule has 2 aromatic rings. The third-order valence-electron chi connectivity index (χ3n) is 4.99. The smallest absolute Gasteiger partial charge is 0.417 e. The summed E-state index contributed by atoms with van der Waals surface area (Å²) in [7, 11) is 0. The van der Waals surface area contributed by atoms with Crippen LogP contribution in [0.2, 0.25) is 0 Å². The number of halogens is 1. The number of piperidine rings is 1. The SMILES string of the molecule is O=C(c1cc(-c2ccc(F)cc2)c[nH]1)N1CCC(N2C(=O)COC2=O)CC1. The van der Waals surface area contributed by atoms with Gasteiger partial charge in [-0.3, -0.25) is 9.59 Å². The van der Waals surface area contributed by atoms with Crippen molar-refractivity contribution >= 4 is 17.9 Å². The highest BCUT2D eigenvalue weighted by molar-refractivity contribution is 5.98. The number of benzene rings is 1. The van der Waals surface area contributed by atoms with Crippen molar-refractivity contribution in [3.63, 3.8) is 0 Å². The molecule has 7 nitrogen and oxygen atoms in total. The first-order valence-corrected chi connectivity index (χ1v) is 8.75. The van der Waals surface area contributed by atoms with Gasteiger partial charge in [0.05, 0.1) is 0 Å². The number of hydrogen-bond acceptors (Lipinski definition) is 4. The van der Waals surface area contributed by atoms with Crippen molar-refractivity contribution in [1.82, 2.24) is 14.8 Å². The summed E-state index contributed by atoms with van der Waals surface area (Å²) in [6, 6.07) is 7.58. The van der Waals surface area contributed by atoms with Crippen molar-refractivity contribution in [3.05, 3.63) is 48.0 Å². The van der Waals surface area contributed by atoms with E-state index in [1.165, 1.54) is 17.0 Å². The van der Waals surface area contributed by atoms with Gasteiger partial charge in [0, 0.05) is 25.3 Å². The highest BCUT2D eigenvalue weighted by Crippen LogP contribution is 2.24. The molecule has 1 N–H and O–H groups in total. The molecule has 2 aliphatic rings. The maximum atomic E-state index is 13.0. The summed E-state index contributed by atoms with van der Waals surface area (Å²) in [5.74, 6) is -0.774. The molecule has 0 atom stereocenters. The zero-order valence-corrected chi connectivity index (χ0v) is 14.5. The molecule has 1 aromatic heterocycles. The van der Waals surface area contributed by atoms with E-state index >= 15 is 0 Å². The number of H-pyrrole nitrogens is 1. The van der Waals surface area contributed by atoms with Gasteiger partial charge in [-0.1, -0.05) is 12.1 Å². The summed E-state index contributed by atoms with van der Waals surface area (Å²) in [5.41, 5.74) is 2.07. The average molecular weight is 371 g/mol. The Labute approximate surface area is 154 Å². The average Bonchev–Trinajstić information content (AvgIpc) is 3.29. The fourth-order valence-corrected chi connectivity index (χ4v) is 3.54. The van der Waals surface area contributed by atoms with E-state index in [1.807, 2.05) is 0 Å². The molecule has 2 saturated heterocycles. The van der Waals surface area contributed by atoms with Gasteiger partial charge in [-0.15, -0.1) is 0 Å². The number of aromatic nitrogens is 1. The van der Waals surface area contributed by atoms with Crippen molar-refractivity contribution < 1.29 is 23.5 Å². The van der Waals surface area contributed by atoms with E-state index in [9.17, 15) is 18.8 Å². The first-order chi connectivity index (χ1) is 13.0. The van der Waals surface area contributed by atoms with E-state index < -0.39 is 6.09 Å². The standard InChI is InChI=1S/C19H18FN3O4/c20-14-3-1-12(2-4-14)13-9-16(21-10-13)18(25)22-7-5-15(6-8-22)23-17(24)11-27-19(23)26/h1-4,9-10,15,21H,5-8,11H2. The van der Waals surface area contributed by atoms with Gasteiger partial charge in [0.2, 0.25) is 0 Å². The lowest BCUT2D eigenvalue weighted by Gasteiger charge is -2.34. The lowest BCUT2D eigenvalue weighted by atomic mass is 10.0. The Morgan fingerprint density at radius 1 is 1.11 bits per heavy atom. The van der Waals surface area contributed by atoms with E-state index in [1.54, 1.807) is 29.3 Å². The summed E-state index contributed by atoms with van der Waals surface area (Å²) < 4.78 is 17.8. The number of amides is 3. The highest BCUT2D eigenvalue weighted by Gasteiger charge is 2.39. The molecule has 3 amide bonds. The van der Waals surface area contributed by atoms with Crippen LogP contribution in [0, 0.1) is 5.82 Å². The summed E-state index contributed by atoms with van der Waals surface area (Å²) in [5, 5.41) is 0. The first kappa shape index (κ1) is 17.3. The zero-order chi connectivity index (χ0) is 19.0. The molecule has 1 aromatic carbocycles. The molecule has 140 valence electrons. The number of aromatic amines is 1. The molecule has 0 saturated carbocycles. The Morgan fingerprint density at radius 3 is 2.44 bits per heavy atom. The number of carbonyl (C=O) groups excluding carboxylic acids is 3. The Morgan fingerprint density at radius 2 is 1.81 bits per heavy atom. The minimum Gasteiger partial charge on any atom is -0.439 e. The molecule has 3 heterocycles. The van der Waals surface area contributed by atoms with Crippen LogP contribution in [0.4, 0.5) is 9.18 Å². The molecule has 2 aliphatic heterocycles. The van der Waals surface area contributed by atoms with Crippen LogP contribution >= 0.6 is 0 Å². The third kappa shape index (κ3) is 3.30. The quantitative estimate of drug-likeness (QED) is 0.898. The second-order valence-electron chi connectivity index (χ2n) is 6.65. The number of cyclic esters (lactones) is 1. The molecule has 4 rings (SSSR count). The predicted octanol–water partition coefficient (Wildman–Crippen LogP) is 2.40. The van der Waals surface area contributed by atoms with Crippen LogP contribution in [0.3, 0.4) is 0 Å². The number of nitrogens with zero attached hydrogens (tertiary/aromatic N) is 2. The molecule has 27 heavy (non-hydrogen) atoms. The molecular formula is C19H18FN3O4. The predicted molar refractivity (Wildman–Crippen MR) is 93.3 cm³/mol. The van der Waals surface area contributed by atoms with E-state index in [-0.39, 0.29) is 30.3 Å². The molecule has 8 heteroatoms. The summed E-state index contributed by atoms with van der Waals surface area (Å²) >= 11 is 0. The number of rotatable bonds is 3. The maximum Gasteiger partial charge on any atom is 0.417 e. The zero-order valence-electron chi connectivity index (χ0n) is 14.5. The second kappa shape index (κ2) is 6.86. The molecule has 2 fully saturated rings. The fourth-order valence-electron chi connectivity index (χ4n) is 3.54. The fraction of sp³-hybridized carbons (Fsp3) is 0.316. The monoisotopic (exact) mass is 371 g/mol. The van der Waals surface area contributed by atoms with Gasteiger partial charge < -0.3 is 14.6 Å². The molecule has 0 aliphatic carbocycles. The summed E-state index contributed by atoms with van der Waals surface area (Å²) in [6.45, 7) is 0.698. The van der Waals surface area contributed by atoms with Crippen LogP contribution in [0.1, 0.15) is 23.3 Å². The lowest BCUT2D eigenvalue weighted by molar-refractivity contribution is -0.127. The van der Waals surface area contributed by atoms with Gasteiger partial charge in [-0.05, 0) is 42.2 Å². The second-order valence-corrected chi connectivity index (χ2v) is 6.65. The Bertz CT molecular complexity index is 869. The molecule has 0 spiro atoms. The number of likely N-dealkylation sites (tertiary alicyclic amines) is 1. The van der Waals surface area contributed by atoms with Crippen LogP contribution in [-0.4, -0.2) is 58.4 Å². The van der Waals surface area contributed by atoms with E-state index in [0.29, 0.717) is 31.6 Å². The number of hydrogen-bond donors (Lipinski definition) is 1. The minimum absolute atomic E-state index is 0.142. The molecule has 0 bridgehead atoms. The van der Waals surface area contributed by atoms with Crippen LogP contribution in [-0.2, 0) is 9.53 Å². The third-order valence-corrected chi connectivity index (χ3v) is 4.99. The van der Waals surface area contributed by atoms with Crippen LogP contribution in [0.15, 0.2) is 36.5 Å². The summed E-state index contributed by atoms with van der Waals surface area (Å²) in [6.07, 6.45) is 2.17. The van der Waals surface area contributed by atoms with Crippen molar-refractivity contribution in [2.75, 3.05) is 19.7 Å². The largest absolute Gasteiger partial charge is 0.439 e.